The van der Waals surface area contributed by atoms with Crippen molar-refractivity contribution in [3.63, 3.8) is 0 Å². The van der Waals surface area contributed by atoms with Crippen LogP contribution >= 0.6 is 11.3 Å². The Morgan fingerprint density at radius 3 is 2.30 bits per heavy atom. The number of anilines is 1. The van der Waals surface area contributed by atoms with E-state index < -0.39 is 60.4 Å². The van der Waals surface area contributed by atoms with E-state index in [1.165, 1.54) is 28.0 Å². The van der Waals surface area contributed by atoms with Gasteiger partial charge < -0.3 is 19.8 Å². The topological polar surface area (TPSA) is 111 Å². The Balaban J connectivity index is 1.39. The minimum Gasteiger partial charge on any atom is -0.480 e. The van der Waals surface area contributed by atoms with Crippen molar-refractivity contribution < 1.29 is 46.2 Å². The number of hydrogen-bond acceptors (Lipinski definition) is 6. The fourth-order valence-electron chi connectivity index (χ4n) is 5.75. The third kappa shape index (κ3) is 7.19. The molecule has 3 amide bonds. The number of halogens is 5. The SMILES string of the molecule is Cc1nc(-c2ccccc2)sc1C(=O)N1CCC(F)(F)/C(=C\C(=O)N2CCC(N(CC(=O)O)C(=O)C(F)(F)F)CC2)c2ccccc21. The highest BCUT2D eigenvalue weighted by Gasteiger charge is 2.46. The van der Waals surface area contributed by atoms with Gasteiger partial charge in [-0.05, 0) is 25.8 Å². The van der Waals surface area contributed by atoms with Crippen molar-refractivity contribution in [1.29, 1.82) is 0 Å². The third-order valence-electron chi connectivity index (χ3n) is 8.08. The maximum Gasteiger partial charge on any atom is 0.471 e. The van der Waals surface area contributed by atoms with E-state index in [1.54, 1.807) is 13.0 Å². The minimum atomic E-state index is -5.29. The number of para-hydroxylation sites is 1. The summed E-state index contributed by atoms with van der Waals surface area (Å²) in [5.74, 6) is -8.81. The molecule has 2 aliphatic rings. The van der Waals surface area contributed by atoms with E-state index >= 15 is 8.78 Å². The van der Waals surface area contributed by atoms with Crippen molar-refractivity contribution in [2.75, 3.05) is 31.1 Å². The molecule has 2 aromatic carbocycles. The Hall–Kier alpha value is -4.66. The summed E-state index contributed by atoms with van der Waals surface area (Å²) in [7, 11) is 0. The van der Waals surface area contributed by atoms with Crippen molar-refractivity contribution >= 4 is 46.3 Å². The lowest BCUT2D eigenvalue weighted by Crippen LogP contribution is -2.53. The Morgan fingerprint density at radius 2 is 1.66 bits per heavy atom. The number of thiazole rings is 1. The van der Waals surface area contributed by atoms with Crippen LogP contribution in [0.2, 0.25) is 0 Å². The summed E-state index contributed by atoms with van der Waals surface area (Å²) in [6.45, 7) is -0.249. The first-order valence-electron chi connectivity index (χ1n) is 14.6. The summed E-state index contributed by atoms with van der Waals surface area (Å²) < 4.78 is 70.9. The zero-order valence-corrected chi connectivity index (χ0v) is 25.8. The molecule has 47 heavy (non-hydrogen) atoms. The van der Waals surface area contributed by atoms with Gasteiger partial charge in [-0.1, -0.05) is 48.5 Å². The van der Waals surface area contributed by atoms with Crippen LogP contribution in [-0.2, 0) is 14.4 Å². The molecule has 1 saturated heterocycles. The molecule has 9 nitrogen and oxygen atoms in total. The number of aliphatic carboxylic acids is 1. The van der Waals surface area contributed by atoms with Gasteiger partial charge in [0.15, 0.2) is 0 Å². The van der Waals surface area contributed by atoms with Crippen LogP contribution in [0.4, 0.5) is 27.6 Å². The Labute approximate surface area is 269 Å². The highest BCUT2D eigenvalue weighted by molar-refractivity contribution is 7.17. The van der Waals surface area contributed by atoms with Gasteiger partial charge in [-0.25, -0.2) is 13.8 Å². The number of hydrogen-bond donors (Lipinski definition) is 1. The molecule has 3 heterocycles. The summed E-state index contributed by atoms with van der Waals surface area (Å²) in [6, 6.07) is 14.1. The van der Waals surface area contributed by atoms with Crippen LogP contribution < -0.4 is 4.90 Å². The maximum atomic E-state index is 15.8. The molecule has 0 saturated carbocycles. The van der Waals surface area contributed by atoms with Crippen LogP contribution in [0.1, 0.15) is 40.2 Å². The van der Waals surface area contributed by atoms with E-state index in [9.17, 15) is 32.3 Å². The van der Waals surface area contributed by atoms with Crippen molar-refractivity contribution in [1.82, 2.24) is 14.8 Å². The average Bonchev–Trinajstić information content (AvgIpc) is 3.39. The number of aromatic nitrogens is 1. The standard InChI is InChI=1S/C32H29F5N4O5S/c1-19-27(47-28(38-19)20-7-3-2-4-8-20)29(45)40-16-13-31(33,34)23(22-9-5-6-10-24(22)40)17-25(42)39-14-11-21(12-15-39)41(18-26(43)44)30(46)32(35,36)37/h2-10,17,21H,11-16,18H2,1H3,(H,43,44)/b23-17-. The smallest absolute Gasteiger partial charge is 0.471 e. The summed E-state index contributed by atoms with van der Waals surface area (Å²) in [5, 5.41) is 9.65. The predicted octanol–water partition coefficient (Wildman–Crippen LogP) is 5.65. The first-order valence-corrected chi connectivity index (χ1v) is 15.4. The number of carboxylic acids is 1. The number of carboxylic acid groups (broad SMARTS) is 1. The molecule has 0 bridgehead atoms. The van der Waals surface area contributed by atoms with Gasteiger partial charge in [0.1, 0.15) is 16.4 Å². The van der Waals surface area contributed by atoms with E-state index in [1.807, 2.05) is 30.3 Å². The first kappa shape index (κ1) is 33.7. The quantitative estimate of drug-likeness (QED) is 0.267. The Morgan fingerprint density at radius 1 is 1.02 bits per heavy atom. The lowest BCUT2D eigenvalue weighted by molar-refractivity contribution is -0.190. The van der Waals surface area contributed by atoms with E-state index in [-0.39, 0.29) is 53.5 Å². The molecule has 0 aliphatic carbocycles. The number of aryl methyl sites for hydroxylation is 1. The van der Waals surface area contributed by atoms with Crippen molar-refractivity contribution in [3.05, 3.63) is 76.8 Å². The number of nitrogens with zero attached hydrogens (tertiary/aromatic N) is 4. The highest BCUT2D eigenvalue weighted by Crippen LogP contribution is 2.44. The molecule has 0 radical (unpaired) electrons. The van der Waals surface area contributed by atoms with Crippen LogP contribution in [0.5, 0.6) is 0 Å². The molecule has 3 aromatic rings. The number of allylic oxidation sites excluding steroid dienone is 1. The van der Waals surface area contributed by atoms with Crippen LogP contribution in [0, 0.1) is 6.92 Å². The fraction of sp³-hybridized carbons (Fsp3) is 0.344. The predicted molar refractivity (Wildman–Crippen MR) is 163 cm³/mol. The van der Waals surface area contributed by atoms with Gasteiger partial charge in [0, 0.05) is 54.9 Å². The molecular formula is C32H29F5N4O5S. The van der Waals surface area contributed by atoms with Gasteiger partial charge in [0.2, 0.25) is 5.91 Å². The van der Waals surface area contributed by atoms with Crippen LogP contribution in [-0.4, -0.2) is 87.9 Å². The number of alkyl halides is 5. The van der Waals surface area contributed by atoms with Gasteiger partial charge in [-0.15, -0.1) is 11.3 Å². The van der Waals surface area contributed by atoms with E-state index in [0.29, 0.717) is 10.7 Å². The molecule has 1 fully saturated rings. The number of carbonyl (C=O) groups is 4. The van der Waals surface area contributed by atoms with Crippen molar-refractivity contribution in [3.8, 4) is 10.6 Å². The number of rotatable bonds is 6. The first-order chi connectivity index (χ1) is 22.2. The van der Waals surface area contributed by atoms with Crippen molar-refractivity contribution in [2.45, 2.75) is 44.3 Å². The zero-order valence-electron chi connectivity index (χ0n) is 25.0. The monoisotopic (exact) mass is 676 g/mol. The molecule has 1 aromatic heterocycles. The Bertz CT molecular complexity index is 1720. The molecular weight excluding hydrogens is 647 g/mol. The fourth-order valence-corrected chi connectivity index (χ4v) is 6.77. The summed E-state index contributed by atoms with van der Waals surface area (Å²) in [5.41, 5.74) is 0.787. The maximum absolute atomic E-state index is 15.8. The minimum absolute atomic E-state index is 0.0274. The van der Waals surface area contributed by atoms with Crippen LogP contribution in [0.3, 0.4) is 0 Å². The largest absolute Gasteiger partial charge is 0.480 e. The second kappa shape index (κ2) is 13.2. The molecule has 2 aliphatic heterocycles. The lowest BCUT2D eigenvalue weighted by Gasteiger charge is -2.37. The van der Waals surface area contributed by atoms with Gasteiger partial charge in [0.05, 0.1) is 11.4 Å². The van der Waals surface area contributed by atoms with E-state index in [2.05, 4.69) is 4.98 Å². The van der Waals surface area contributed by atoms with Crippen molar-refractivity contribution in [2.24, 2.45) is 0 Å². The van der Waals surface area contributed by atoms with E-state index in [0.717, 1.165) is 23.0 Å². The molecule has 15 heteroatoms. The van der Waals surface area contributed by atoms with Gasteiger partial charge in [-0.3, -0.25) is 19.2 Å². The Kier molecular flexibility index (Phi) is 9.48. The number of carbonyl (C=O) groups excluding carboxylic acids is 3. The number of piperidine rings is 1. The second-order valence-corrected chi connectivity index (χ2v) is 12.2. The van der Waals surface area contributed by atoms with Gasteiger partial charge in [-0.2, -0.15) is 13.2 Å². The molecule has 0 atom stereocenters. The second-order valence-electron chi connectivity index (χ2n) is 11.2. The lowest BCUT2D eigenvalue weighted by atomic mass is 9.96. The normalized spacial score (nSPS) is 17.6. The average molecular weight is 677 g/mol. The molecule has 0 spiro atoms. The van der Waals surface area contributed by atoms with Crippen LogP contribution in [0.25, 0.3) is 16.1 Å². The number of fused-ring (bicyclic) bond motifs is 1. The molecule has 248 valence electrons. The molecule has 5 rings (SSSR count). The van der Waals surface area contributed by atoms with Gasteiger partial charge in [0.25, 0.3) is 11.8 Å². The van der Waals surface area contributed by atoms with E-state index in [4.69, 9.17) is 5.11 Å². The number of amides is 3. The zero-order chi connectivity index (χ0) is 34.1. The number of likely N-dealkylation sites (tertiary alicyclic amines) is 1. The molecule has 0 unspecified atom stereocenters. The summed E-state index contributed by atoms with van der Waals surface area (Å²) >= 11 is 1.15. The highest BCUT2D eigenvalue weighted by atomic mass is 32.1. The summed E-state index contributed by atoms with van der Waals surface area (Å²) in [6.07, 6.45) is -5.66. The van der Waals surface area contributed by atoms with Crippen LogP contribution in [0.15, 0.2) is 60.7 Å². The third-order valence-corrected chi connectivity index (χ3v) is 9.27. The van der Waals surface area contributed by atoms with Gasteiger partial charge >= 0.3 is 18.1 Å². The summed E-state index contributed by atoms with van der Waals surface area (Å²) in [4.78, 5) is 57.7. The number of benzene rings is 2. The molecule has 1 N–H and O–H groups in total.